The monoisotopic (exact) mass is 653 g/mol. The fourth-order valence-corrected chi connectivity index (χ4v) is 6.22. The summed E-state index contributed by atoms with van der Waals surface area (Å²) in [6.45, 7) is 8.59. The largest absolute Gasteiger partial charge is 0.488 e. The van der Waals surface area contributed by atoms with E-state index in [9.17, 15) is 31.9 Å². The highest BCUT2D eigenvalue weighted by Gasteiger charge is 2.41. The Kier molecular flexibility index (Phi) is 8.59. The van der Waals surface area contributed by atoms with Gasteiger partial charge in [0.05, 0.1) is 24.4 Å². The van der Waals surface area contributed by atoms with Gasteiger partial charge >= 0.3 is 6.18 Å². The molecule has 6 rings (SSSR count). The van der Waals surface area contributed by atoms with Gasteiger partial charge in [-0.25, -0.2) is 13.6 Å². The van der Waals surface area contributed by atoms with Gasteiger partial charge in [-0.05, 0) is 36.2 Å². The number of piperazine rings is 1. The minimum atomic E-state index is -5.00. The predicted molar refractivity (Wildman–Crippen MR) is 158 cm³/mol. The van der Waals surface area contributed by atoms with Crippen LogP contribution in [0.15, 0.2) is 48.5 Å². The van der Waals surface area contributed by atoms with E-state index in [1.54, 1.807) is 30.3 Å². The van der Waals surface area contributed by atoms with Crippen molar-refractivity contribution in [1.29, 1.82) is 0 Å². The van der Waals surface area contributed by atoms with Crippen molar-refractivity contribution in [3.63, 3.8) is 0 Å². The molecular weight excluding hydrogens is 625 g/mol. The number of imide groups is 1. The van der Waals surface area contributed by atoms with Gasteiger partial charge in [0.2, 0.25) is 17.5 Å². The molecule has 3 heterocycles. The third-order valence-corrected chi connectivity index (χ3v) is 8.66. The molecule has 3 aromatic carbocycles. The number of fused-ring (bicyclic) bond motifs is 1. The smallest absolute Gasteiger partial charge is 0.410 e. The number of rotatable bonds is 7. The molecule has 244 valence electrons. The number of anilines is 1. The zero-order chi connectivity index (χ0) is 33.5. The molecule has 3 amide bonds. The van der Waals surface area contributed by atoms with Crippen LogP contribution in [0.2, 0.25) is 0 Å². The summed E-state index contributed by atoms with van der Waals surface area (Å²) in [6, 6.07) is 11.1. The maximum atomic E-state index is 15.2. The van der Waals surface area contributed by atoms with E-state index in [0.717, 1.165) is 6.07 Å². The molecule has 47 heavy (non-hydrogen) atoms. The molecule has 1 atom stereocenters. The number of carbonyl (C=O) groups excluding carboxylic acids is 3. The fraction of sp³-hybridized carbons (Fsp3) is 0.333. The topological polar surface area (TPSA) is 86.6 Å². The van der Waals surface area contributed by atoms with Gasteiger partial charge < -0.3 is 14.5 Å². The van der Waals surface area contributed by atoms with Crippen LogP contribution in [0.3, 0.4) is 0 Å². The molecular formula is C33H28F5N5O4. The number of hydrogen-bond donors (Lipinski definition) is 1. The lowest BCUT2D eigenvalue weighted by Gasteiger charge is -2.36. The fourth-order valence-electron chi connectivity index (χ4n) is 6.22. The van der Waals surface area contributed by atoms with E-state index in [4.69, 9.17) is 11.3 Å². The van der Waals surface area contributed by atoms with E-state index in [2.05, 4.69) is 10.2 Å². The molecule has 0 spiro atoms. The molecule has 3 aliphatic rings. The highest BCUT2D eigenvalue weighted by molar-refractivity contribution is 6.05. The summed E-state index contributed by atoms with van der Waals surface area (Å²) < 4.78 is 76.3. The van der Waals surface area contributed by atoms with Gasteiger partial charge in [-0.1, -0.05) is 24.3 Å². The van der Waals surface area contributed by atoms with Crippen molar-refractivity contribution in [2.24, 2.45) is 0 Å². The van der Waals surface area contributed by atoms with E-state index in [0.29, 0.717) is 42.1 Å². The summed E-state index contributed by atoms with van der Waals surface area (Å²) in [7, 11) is 0. The number of ether oxygens (including phenoxy) is 1. The van der Waals surface area contributed by atoms with Crippen molar-refractivity contribution in [3.8, 4) is 5.75 Å². The first-order chi connectivity index (χ1) is 22.4. The zero-order valence-corrected chi connectivity index (χ0v) is 24.9. The van der Waals surface area contributed by atoms with Crippen molar-refractivity contribution >= 4 is 29.1 Å². The maximum absolute atomic E-state index is 15.2. The SMILES string of the molecule is [C-]#[N+]c1ccc(N2CCN(Cc3ccc(COc4cccc5c4CN([C@H]4CCC(=O)NC4=O)C5=O)c(F)c3)CC2)c(F)c1C(F)(F)F. The molecule has 0 aliphatic carbocycles. The van der Waals surface area contributed by atoms with Crippen LogP contribution in [0.1, 0.15) is 45.5 Å². The van der Waals surface area contributed by atoms with Crippen molar-refractivity contribution in [1.82, 2.24) is 15.1 Å². The van der Waals surface area contributed by atoms with Crippen LogP contribution in [0, 0.1) is 18.2 Å². The van der Waals surface area contributed by atoms with Gasteiger partial charge in [0.15, 0.2) is 0 Å². The van der Waals surface area contributed by atoms with Crippen LogP contribution in [-0.4, -0.2) is 59.7 Å². The lowest BCUT2D eigenvalue weighted by molar-refractivity contribution is -0.139. The summed E-state index contributed by atoms with van der Waals surface area (Å²) in [5.74, 6) is -2.82. The Morgan fingerprint density at radius 3 is 2.45 bits per heavy atom. The molecule has 0 unspecified atom stereocenters. The van der Waals surface area contributed by atoms with Crippen LogP contribution in [0.25, 0.3) is 4.85 Å². The molecule has 9 nitrogen and oxygen atoms in total. The number of nitrogens with one attached hydrogen (secondary N) is 1. The molecule has 0 aromatic heterocycles. The normalized spacial score (nSPS) is 18.6. The van der Waals surface area contributed by atoms with Crippen LogP contribution in [-0.2, 0) is 35.5 Å². The third-order valence-electron chi connectivity index (χ3n) is 8.66. The summed E-state index contributed by atoms with van der Waals surface area (Å²) in [4.78, 5) is 44.7. The minimum absolute atomic E-state index is 0.119. The Balaban J connectivity index is 1.06. The lowest BCUT2D eigenvalue weighted by Crippen LogP contribution is -2.52. The van der Waals surface area contributed by atoms with E-state index in [-0.39, 0.29) is 62.1 Å². The second-order valence-corrected chi connectivity index (χ2v) is 11.6. The van der Waals surface area contributed by atoms with Crippen LogP contribution >= 0.6 is 0 Å². The quantitative estimate of drug-likeness (QED) is 0.215. The Labute approximate surface area is 266 Å². The van der Waals surface area contributed by atoms with Gasteiger partial charge in [0.25, 0.3) is 5.91 Å². The van der Waals surface area contributed by atoms with Crippen LogP contribution in [0.5, 0.6) is 5.75 Å². The summed E-state index contributed by atoms with van der Waals surface area (Å²) in [5.41, 5.74) is -0.656. The number of benzene rings is 3. The molecule has 3 aliphatic heterocycles. The summed E-state index contributed by atoms with van der Waals surface area (Å²) in [6.07, 6.45) is -4.63. The number of halogens is 5. The highest BCUT2D eigenvalue weighted by atomic mass is 19.4. The van der Waals surface area contributed by atoms with Gasteiger partial charge in [0.1, 0.15) is 30.0 Å². The van der Waals surface area contributed by atoms with Gasteiger partial charge in [-0.2, -0.15) is 13.2 Å². The maximum Gasteiger partial charge on any atom is 0.410 e. The third kappa shape index (κ3) is 6.35. The van der Waals surface area contributed by atoms with E-state index >= 15 is 4.39 Å². The van der Waals surface area contributed by atoms with E-state index in [1.165, 1.54) is 21.9 Å². The van der Waals surface area contributed by atoms with Crippen molar-refractivity contribution in [2.75, 3.05) is 31.1 Å². The lowest BCUT2D eigenvalue weighted by atomic mass is 10.0. The van der Waals surface area contributed by atoms with Gasteiger partial charge in [-0.3, -0.25) is 24.6 Å². The number of alkyl halides is 3. The Hall–Kier alpha value is -5.03. The van der Waals surface area contributed by atoms with E-state index in [1.807, 2.05) is 4.90 Å². The van der Waals surface area contributed by atoms with Gasteiger partial charge in [-0.15, -0.1) is 0 Å². The summed E-state index contributed by atoms with van der Waals surface area (Å²) in [5, 5.41) is 2.27. The molecule has 0 saturated carbocycles. The molecule has 0 radical (unpaired) electrons. The Morgan fingerprint density at radius 2 is 1.77 bits per heavy atom. The second kappa shape index (κ2) is 12.6. The molecule has 3 aromatic rings. The number of hydrogen-bond acceptors (Lipinski definition) is 6. The molecule has 14 heteroatoms. The predicted octanol–water partition coefficient (Wildman–Crippen LogP) is 5.20. The summed E-state index contributed by atoms with van der Waals surface area (Å²) >= 11 is 0. The minimum Gasteiger partial charge on any atom is -0.488 e. The zero-order valence-electron chi connectivity index (χ0n) is 24.9. The number of carbonyl (C=O) groups is 3. The average Bonchev–Trinajstić information content (AvgIpc) is 3.36. The molecule has 2 fully saturated rings. The van der Waals surface area contributed by atoms with Crippen molar-refractivity contribution in [3.05, 3.63) is 99.4 Å². The second-order valence-electron chi connectivity index (χ2n) is 11.6. The van der Waals surface area contributed by atoms with Crippen LogP contribution < -0.4 is 15.0 Å². The van der Waals surface area contributed by atoms with Crippen LogP contribution in [0.4, 0.5) is 33.3 Å². The highest BCUT2D eigenvalue weighted by Crippen LogP contribution is 2.42. The van der Waals surface area contributed by atoms with Gasteiger partial charge in [0, 0.05) is 55.8 Å². The number of piperidine rings is 1. The Bertz CT molecular complexity index is 1800. The average molecular weight is 654 g/mol. The van der Waals surface area contributed by atoms with E-state index < -0.39 is 41.0 Å². The van der Waals surface area contributed by atoms with Crippen molar-refractivity contribution < 1.29 is 41.1 Å². The first kappa shape index (κ1) is 31.9. The van der Waals surface area contributed by atoms with Crippen molar-refractivity contribution in [2.45, 2.75) is 44.8 Å². The first-order valence-electron chi connectivity index (χ1n) is 14.9. The number of nitrogens with zero attached hydrogens (tertiary/aromatic N) is 4. The number of amides is 3. The standard InChI is InChI=1S/C33H28F5N5O4/c1-39-24-7-8-25(30(35)29(24)33(36,37)38)42-13-11-41(12-14-42)16-19-5-6-20(23(34)15-19)18-47-27-4-2-3-21-22(27)17-43(32(21)46)26-9-10-28(44)40-31(26)45/h2-8,15,26H,9-14,16-18H2,(H,40,44,45)/t26-/m0/s1. The molecule has 0 bridgehead atoms. The first-order valence-corrected chi connectivity index (χ1v) is 14.9. The molecule has 1 N–H and O–H groups in total. The Morgan fingerprint density at radius 1 is 1.00 bits per heavy atom. The molecule has 2 saturated heterocycles.